The Kier molecular flexibility index (Phi) is 7.25. The normalized spacial score (nSPS) is 11.3. The number of pyridine rings is 1. The number of aromatic amines is 1. The van der Waals surface area contributed by atoms with E-state index >= 15 is 0 Å². The van der Waals surface area contributed by atoms with Gasteiger partial charge >= 0.3 is 0 Å². The van der Waals surface area contributed by atoms with Gasteiger partial charge in [-0.05, 0) is 69.2 Å². The number of sulfonamides is 1. The fraction of sp³-hybridized carbons (Fsp3) is 0.192. The minimum absolute atomic E-state index is 0. The molecule has 0 aliphatic carbocycles. The summed E-state index contributed by atoms with van der Waals surface area (Å²) in [4.78, 5) is 17.6. The van der Waals surface area contributed by atoms with Crippen molar-refractivity contribution in [1.29, 1.82) is 0 Å². The van der Waals surface area contributed by atoms with Gasteiger partial charge in [-0.15, -0.1) is 0 Å². The third kappa shape index (κ3) is 5.78. The molecule has 0 atom stereocenters. The van der Waals surface area contributed by atoms with Crippen molar-refractivity contribution in [2.75, 3.05) is 6.61 Å². The first-order valence-electron chi connectivity index (χ1n) is 11.3. The topological polar surface area (TPSA) is 123 Å². The first-order chi connectivity index (χ1) is 17.6. The van der Waals surface area contributed by atoms with Crippen LogP contribution >= 0.6 is 0 Å². The van der Waals surface area contributed by atoms with Gasteiger partial charge in [-0.3, -0.25) is 9.89 Å². The molecule has 0 saturated heterocycles. The monoisotopic (exact) mass is 526 g/mol. The van der Waals surface area contributed by atoms with Gasteiger partial charge < -0.3 is 9.47 Å². The minimum Gasteiger partial charge on any atom is -0.494 e. The Morgan fingerprint density at radius 3 is 2.46 bits per heavy atom. The standard InChI is InChI=1S/C26H25FN4O5S.H2/c1-5-35-20-13-18(12-19(27)14-20)22-7-6-21(25(32)31-37(33,34)23-8-9-28-30-23)26(29-22)36-24-16(3)10-15(2)11-17(24)4;/h6-14H,5H2,1-4H3,(H,28,30)(H,31,32);1H. The molecular weight excluding hydrogens is 499 g/mol. The van der Waals surface area contributed by atoms with E-state index in [9.17, 15) is 17.6 Å². The summed E-state index contributed by atoms with van der Waals surface area (Å²) in [6, 6.07) is 12.0. The molecule has 0 unspecified atom stereocenters. The molecule has 9 nitrogen and oxygen atoms in total. The molecule has 4 rings (SSSR count). The molecule has 0 fully saturated rings. The highest BCUT2D eigenvalue weighted by Crippen LogP contribution is 2.33. The van der Waals surface area contributed by atoms with E-state index in [1.165, 1.54) is 36.5 Å². The molecule has 2 N–H and O–H groups in total. The van der Waals surface area contributed by atoms with E-state index < -0.39 is 21.7 Å². The van der Waals surface area contributed by atoms with Crippen LogP contribution in [-0.2, 0) is 10.0 Å². The summed E-state index contributed by atoms with van der Waals surface area (Å²) in [6.45, 7) is 7.78. The van der Waals surface area contributed by atoms with E-state index in [4.69, 9.17) is 9.47 Å². The quantitative estimate of drug-likeness (QED) is 0.328. The summed E-state index contributed by atoms with van der Waals surface area (Å²) < 4.78 is 53.0. The molecule has 0 bridgehead atoms. The highest BCUT2D eigenvalue weighted by atomic mass is 32.2. The third-order valence-corrected chi connectivity index (χ3v) is 6.64. The first kappa shape index (κ1) is 25.8. The van der Waals surface area contributed by atoms with Gasteiger partial charge in [0.15, 0.2) is 5.03 Å². The van der Waals surface area contributed by atoms with Gasteiger partial charge in [-0.25, -0.2) is 14.1 Å². The van der Waals surface area contributed by atoms with Gasteiger partial charge in [-0.2, -0.15) is 13.5 Å². The number of carbonyl (C=O) groups is 1. The number of nitrogens with zero attached hydrogens (tertiary/aromatic N) is 2. The second kappa shape index (κ2) is 10.4. The molecule has 4 aromatic rings. The number of rotatable bonds is 8. The number of nitrogens with one attached hydrogen (secondary N) is 2. The van der Waals surface area contributed by atoms with Crippen molar-refractivity contribution in [2.45, 2.75) is 32.7 Å². The lowest BCUT2D eigenvalue weighted by Gasteiger charge is -2.16. The summed E-state index contributed by atoms with van der Waals surface area (Å²) in [5.41, 5.74) is 3.17. The molecule has 11 heteroatoms. The Hall–Kier alpha value is -4.25. The molecule has 2 aromatic carbocycles. The summed E-state index contributed by atoms with van der Waals surface area (Å²) in [7, 11) is -4.22. The second-order valence-electron chi connectivity index (χ2n) is 8.34. The molecule has 37 heavy (non-hydrogen) atoms. The molecule has 0 aliphatic rings. The Labute approximate surface area is 215 Å². The Balaban J connectivity index is 0.00000400. The maximum atomic E-state index is 14.3. The van der Waals surface area contributed by atoms with Crippen LogP contribution in [0.4, 0.5) is 4.39 Å². The van der Waals surface area contributed by atoms with Crippen LogP contribution in [0.2, 0.25) is 0 Å². The van der Waals surface area contributed by atoms with Crippen molar-refractivity contribution in [2.24, 2.45) is 0 Å². The average molecular weight is 527 g/mol. The lowest BCUT2D eigenvalue weighted by Crippen LogP contribution is -2.31. The van der Waals surface area contributed by atoms with E-state index in [-0.39, 0.29) is 17.9 Å². The molecule has 2 heterocycles. The number of ether oxygens (including phenoxy) is 2. The number of benzene rings is 2. The lowest BCUT2D eigenvalue weighted by atomic mass is 10.1. The number of amides is 1. The molecule has 194 valence electrons. The fourth-order valence-corrected chi connectivity index (χ4v) is 4.74. The number of H-pyrrole nitrogens is 1. The van der Waals surface area contributed by atoms with E-state index in [1.807, 2.05) is 37.6 Å². The summed E-state index contributed by atoms with van der Waals surface area (Å²) >= 11 is 0. The zero-order valence-electron chi connectivity index (χ0n) is 20.6. The number of hydrogen-bond donors (Lipinski definition) is 2. The maximum absolute atomic E-state index is 14.3. The third-order valence-electron chi connectivity index (χ3n) is 5.38. The van der Waals surface area contributed by atoms with Crippen LogP contribution in [-0.4, -0.2) is 36.1 Å². The second-order valence-corrected chi connectivity index (χ2v) is 9.99. The molecule has 0 spiro atoms. The van der Waals surface area contributed by atoms with Crippen molar-refractivity contribution in [3.8, 4) is 28.6 Å². The van der Waals surface area contributed by atoms with Gasteiger partial charge in [0.25, 0.3) is 15.9 Å². The zero-order chi connectivity index (χ0) is 26.7. The highest BCUT2D eigenvalue weighted by molar-refractivity contribution is 7.90. The van der Waals surface area contributed by atoms with Gasteiger partial charge in [0, 0.05) is 13.1 Å². The van der Waals surface area contributed by atoms with E-state index in [1.54, 1.807) is 13.0 Å². The van der Waals surface area contributed by atoms with Gasteiger partial charge in [0.05, 0.1) is 18.5 Å². The summed E-state index contributed by atoms with van der Waals surface area (Å²) in [6.07, 6.45) is 1.25. The van der Waals surface area contributed by atoms with Crippen LogP contribution in [0.25, 0.3) is 11.3 Å². The summed E-state index contributed by atoms with van der Waals surface area (Å²) in [5.74, 6) is -0.843. The highest BCUT2D eigenvalue weighted by Gasteiger charge is 2.24. The number of halogens is 1. The first-order valence-corrected chi connectivity index (χ1v) is 12.8. The number of aryl methyl sites for hydroxylation is 3. The van der Waals surface area contributed by atoms with Gasteiger partial charge in [-0.1, -0.05) is 17.7 Å². The molecule has 0 saturated carbocycles. The Bertz CT molecular complexity index is 1550. The van der Waals surface area contributed by atoms with E-state index in [0.29, 0.717) is 29.4 Å². The average Bonchev–Trinajstić information content (AvgIpc) is 3.37. The van der Waals surface area contributed by atoms with Gasteiger partial charge in [0.2, 0.25) is 5.88 Å². The fourth-order valence-electron chi connectivity index (χ4n) is 3.86. The molecule has 0 aliphatic heterocycles. The number of carbonyl (C=O) groups excluding carboxylic acids is 1. The largest absolute Gasteiger partial charge is 0.494 e. The van der Waals surface area contributed by atoms with Crippen LogP contribution < -0.4 is 14.2 Å². The Morgan fingerprint density at radius 2 is 1.81 bits per heavy atom. The predicted octanol–water partition coefficient (Wildman–Crippen LogP) is 5.09. The van der Waals surface area contributed by atoms with Crippen LogP contribution in [0.5, 0.6) is 17.4 Å². The SMILES string of the molecule is CCOc1cc(F)cc(-c2ccc(C(=O)NS(=O)(=O)c3ccn[nH]3)c(Oc3c(C)cc(C)cc3C)n2)c1.[HH]. The van der Waals surface area contributed by atoms with Gasteiger partial charge in [0.1, 0.15) is 22.9 Å². The minimum atomic E-state index is -4.22. The smallest absolute Gasteiger partial charge is 0.281 e. The maximum Gasteiger partial charge on any atom is 0.281 e. The zero-order valence-corrected chi connectivity index (χ0v) is 21.4. The summed E-state index contributed by atoms with van der Waals surface area (Å²) in [5, 5.41) is 5.64. The van der Waals surface area contributed by atoms with Crippen LogP contribution in [0.3, 0.4) is 0 Å². The van der Waals surface area contributed by atoms with Crippen molar-refractivity contribution < 1.29 is 28.5 Å². The Morgan fingerprint density at radius 1 is 1.08 bits per heavy atom. The van der Waals surface area contributed by atoms with E-state index in [0.717, 1.165) is 16.7 Å². The molecule has 2 aromatic heterocycles. The van der Waals surface area contributed by atoms with Crippen molar-refractivity contribution in [3.05, 3.63) is 82.8 Å². The van der Waals surface area contributed by atoms with Crippen LogP contribution in [0.1, 0.15) is 35.4 Å². The predicted molar refractivity (Wildman–Crippen MR) is 137 cm³/mol. The number of hydrogen-bond acceptors (Lipinski definition) is 7. The van der Waals surface area contributed by atoms with Crippen LogP contribution in [0.15, 0.2) is 59.8 Å². The van der Waals surface area contributed by atoms with Crippen LogP contribution in [0, 0.1) is 26.6 Å². The number of aromatic nitrogens is 3. The van der Waals surface area contributed by atoms with Crippen molar-refractivity contribution in [3.63, 3.8) is 0 Å². The molecule has 1 amide bonds. The molecule has 0 radical (unpaired) electrons. The van der Waals surface area contributed by atoms with E-state index in [2.05, 4.69) is 15.2 Å². The van der Waals surface area contributed by atoms with Crippen molar-refractivity contribution in [1.82, 2.24) is 19.9 Å². The lowest BCUT2D eigenvalue weighted by molar-refractivity contribution is 0.0978. The molecular formula is C26H27FN4O5S. The van der Waals surface area contributed by atoms with Crippen molar-refractivity contribution >= 4 is 15.9 Å².